The smallest absolute Gasteiger partial charge is 0.407 e. The summed E-state index contributed by atoms with van der Waals surface area (Å²) in [4.78, 5) is 45.8. The number of hydrogen-bond donors (Lipinski definition) is 4. The molecule has 2 aromatic carbocycles. The van der Waals surface area contributed by atoms with Crippen LogP contribution in [0.25, 0.3) is 11.1 Å². The van der Waals surface area contributed by atoms with Gasteiger partial charge in [-0.05, 0) is 100 Å². The molecular formula is C37H48N6O4. The standard InChI is InChI=1S/C37H48N6O4/c1-24(38)27-14-17-31(18-15-27)41-35(45)32(21-26-8-7-9-29(20-26)30-16-19-33(39-23-30)43(5)6)42-34(44)28-12-10-25(11-13-28)22-40-36(46)47-37(2,3)4/h7-9,14-20,23,25,28,32,38H,10-13,21-22H2,1-6H3,(H,40,46)(H,41,45)(H,42,44)/t25?,28?,32-/m0/s1. The minimum absolute atomic E-state index is 0.141. The maximum absolute atomic E-state index is 13.7. The molecule has 3 aromatic rings. The van der Waals surface area contributed by atoms with E-state index < -0.39 is 17.7 Å². The Hall–Kier alpha value is -4.73. The molecule has 1 fully saturated rings. The van der Waals surface area contributed by atoms with Gasteiger partial charge >= 0.3 is 6.09 Å². The Morgan fingerprint density at radius 2 is 1.68 bits per heavy atom. The van der Waals surface area contributed by atoms with E-state index in [1.807, 2.05) is 82.4 Å². The molecule has 1 aliphatic carbocycles. The molecule has 1 atom stereocenters. The lowest BCUT2D eigenvalue weighted by Crippen LogP contribution is -2.48. The van der Waals surface area contributed by atoms with E-state index in [2.05, 4.69) is 20.9 Å². The van der Waals surface area contributed by atoms with Crippen molar-refractivity contribution in [1.82, 2.24) is 15.6 Å². The largest absolute Gasteiger partial charge is 0.444 e. The number of nitrogens with zero attached hydrogens (tertiary/aromatic N) is 2. The molecule has 4 N–H and O–H groups in total. The zero-order valence-electron chi connectivity index (χ0n) is 28.4. The van der Waals surface area contributed by atoms with Crippen molar-refractivity contribution in [2.45, 2.75) is 71.4 Å². The van der Waals surface area contributed by atoms with Crippen LogP contribution in [0.5, 0.6) is 0 Å². The number of ether oxygens (including phenoxy) is 1. The molecule has 10 nitrogen and oxygen atoms in total. The number of alkyl carbamates (subject to hydrolysis) is 1. The first-order valence-corrected chi connectivity index (χ1v) is 16.2. The van der Waals surface area contributed by atoms with Crippen LogP contribution < -0.4 is 20.9 Å². The predicted molar refractivity (Wildman–Crippen MR) is 187 cm³/mol. The Bertz CT molecular complexity index is 1540. The second kappa shape index (κ2) is 15.7. The highest BCUT2D eigenvalue weighted by Crippen LogP contribution is 2.29. The number of rotatable bonds is 11. The summed E-state index contributed by atoms with van der Waals surface area (Å²) in [6.45, 7) is 7.71. The van der Waals surface area contributed by atoms with Crippen molar-refractivity contribution in [2.75, 3.05) is 30.9 Å². The number of benzene rings is 2. The molecule has 47 heavy (non-hydrogen) atoms. The third-order valence-corrected chi connectivity index (χ3v) is 8.28. The van der Waals surface area contributed by atoms with E-state index in [4.69, 9.17) is 10.1 Å². The van der Waals surface area contributed by atoms with Gasteiger partial charge in [-0.15, -0.1) is 0 Å². The van der Waals surface area contributed by atoms with Crippen LogP contribution in [0.15, 0.2) is 66.9 Å². The Morgan fingerprint density at radius 1 is 0.979 bits per heavy atom. The fourth-order valence-electron chi connectivity index (χ4n) is 5.64. The number of carbonyl (C=O) groups excluding carboxylic acids is 3. The van der Waals surface area contributed by atoms with Crippen LogP contribution in [0, 0.1) is 17.2 Å². The number of amides is 3. The second-order valence-corrected chi connectivity index (χ2v) is 13.6. The fraction of sp³-hybridized carbons (Fsp3) is 0.432. The molecule has 1 heterocycles. The van der Waals surface area contributed by atoms with E-state index in [0.717, 1.165) is 40.9 Å². The fourth-order valence-corrected chi connectivity index (χ4v) is 5.64. The molecule has 0 spiro atoms. The van der Waals surface area contributed by atoms with Crippen LogP contribution in [0.2, 0.25) is 0 Å². The number of anilines is 2. The van der Waals surface area contributed by atoms with E-state index in [1.165, 1.54) is 0 Å². The first-order valence-electron chi connectivity index (χ1n) is 16.2. The normalized spacial score (nSPS) is 16.8. The van der Waals surface area contributed by atoms with Crippen molar-refractivity contribution in [2.24, 2.45) is 11.8 Å². The molecule has 4 rings (SSSR count). The molecule has 250 valence electrons. The number of nitrogens with one attached hydrogen (secondary N) is 4. The lowest BCUT2D eigenvalue weighted by Gasteiger charge is -2.29. The highest BCUT2D eigenvalue weighted by Gasteiger charge is 2.30. The maximum atomic E-state index is 13.7. The summed E-state index contributed by atoms with van der Waals surface area (Å²) in [6.07, 6.45) is 4.66. The van der Waals surface area contributed by atoms with Gasteiger partial charge in [0.2, 0.25) is 11.8 Å². The summed E-state index contributed by atoms with van der Waals surface area (Å²) >= 11 is 0. The molecule has 0 aliphatic heterocycles. The number of carbonyl (C=O) groups is 3. The zero-order valence-corrected chi connectivity index (χ0v) is 28.4. The predicted octanol–water partition coefficient (Wildman–Crippen LogP) is 6.20. The highest BCUT2D eigenvalue weighted by atomic mass is 16.6. The van der Waals surface area contributed by atoms with Gasteiger partial charge in [-0.3, -0.25) is 9.59 Å². The molecule has 0 unspecified atom stereocenters. The van der Waals surface area contributed by atoms with E-state index in [9.17, 15) is 14.4 Å². The minimum Gasteiger partial charge on any atom is -0.444 e. The molecule has 0 bridgehead atoms. The quantitative estimate of drug-likeness (QED) is 0.184. The summed E-state index contributed by atoms with van der Waals surface area (Å²) in [7, 11) is 3.89. The van der Waals surface area contributed by atoms with E-state index in [0.29, 0.717) is 37.2 Å². The molecular weight excluding hydrogens is 592 g/mol. The van der Waals surface area contributed by atoms with Gasteiger partial charge < -0.3 is 31.0 Å². The molecule has 10 heteroatoms. The Labute approximate surface area is 278 Å². The molecule has 1 aliphatic rings. The molecule has 3 amide bonds. The first-order chi connectivity index (χ1) is 22.3. The van der Waals surface area contributed by atoms with Gasteiger partial charge in [0.05, 0.1) is 0 Å². The monoisotopic (exact) mass is 640 g/mol. The van der Waals surface area contributed by atoms with Crippen molar-refractivity contribution in [1.29, 1.82) is 5.41 Å². The van der Waals surface area contributed by atoms with Crippen molar-refractivity contribution in [3.05, 3.63) is 78.0 Å². The Balaban J connectivity index is 1.44. The minimum atomic E-state index is -0.803. The summed E-state index contributed by atoms with van der Waals surface area (Å²) in [5.41, 5.74) is 4.10. The summed E-state index contributed by atoms with van der Waals surface area (Å²) < 4.78 is 5.34. The van der Waals surface area contributed by atoms with E-state index >= 15 is 0 Å². The average molecular weight is 641 g/mol. The second-order valence-electron chi connectivity index (χ2n) is 13.6. The first kappa shape index (κ1) is 35.1. The van der Waals surface area contributed by atoms with Crippen LogP contribution >= 0.6 is 0 Å². The van der Waals surface area contributed by atoms with Crippen LogP contribution in [-0.4, -0.2) is 60.9 Å². The molecule has 0 saturated heterocycles. The Kier molecular flexibility index (Phi) is 11.7. The topological polar surface area (TPSA) is 137 Å². The highest BCUT2D eigenvalue weighted by molar-refractivity contribution is 5.99. The number of hydrogen-bond acceptors (Lipinski definition) is 7. The summed E-state index contributed by atoms with van der Waals surface area (Å²) in [6, 6.07) is 18.2. The zero-order chi connectivity index (χ0) is 34.1. The van der Waals surface area contributed by atoms with Crippen molar-refractivity contribution < 1.29 is 19.1 Å². The van der Waals surface area contributed by atoms with Gasteiger partial charge in [0, 0.05) is 56.1 Å². The SMILES string of the molecule is CC(=N)c1ccc(NC(=O)[C@H](Cc2cccc(-c3ccc(N(C)C)nc3)c2)NC(=O)C2CCC(CNC(=O)OC(C)(C)C)CC2)cc1. The van der Waals surface area contributed by atoms with Gasteiger partial charge in [0.25, 0.3) is 0 Å². The van der Waals surface area contributed by atoms with Crippen molar-refractivity contribution in [3.8, 4) is 11.1 Å². The molecule has 1 aromatic heterocycles. The summed E-state index contributed by atoms with van der Waals surface area (Å²) in [5.74, 6) is 0.461. The number of pyridine rings is 1. The van der Waals surface area contributed by atoms with Crippen molar-refractivity contribution in [3.63, 3.8) is 0 Å². The van der Waals surface area contributed by atoms with Gasteiger partial charge in [0.15, 0.2) is 0 Å². The lowest BCUT2D eigenvalue weighted by molar-refractivity contribution is -0.130. The van der Waals surface area contributed by atoms with Gasteiger partial charge in [-0.25, -0.2) is 9.78 Å². The van der Waals surface area contributed by atoms with Gasteiger partial charge in [0.1, 0.15) is 17.5 Å². The van der Waals surface area contributed by atoms with E-state index in [-0.39, 0.29) is 23.7 Å². The van der Waals surface area contributed by atoms with Crippen LogP contribution in [0.4, 0.5) is 16.3 Å². The molecule has 0 radical (unpaired) electrons. The third-order valence-electron chi connectivity index (χ3n) is 8.28. The Morgan fingerprint density at radius 3 is 2.28 bits per heavy atom. The van der Waals surface area contributed by atoms with Gasteiger partial charge in [-0.1, -0.05) is 36.4 Å². The number of aromatic nitrogens is 1. The lowest BCUT2D eigenvalue weighted by atomic mass is 9.81. The third kappa shape index (κ3) is 10.7. The summed E-state index contributed by atoms with van der Waals surface area (Å²) in [5, 5.41) is 16.7. The van der Waals surface area contributed by atoms with E-state index in [1.54, 1.807) is 31.2 Å². The average Bonchev–Trinajstić information content (AvgIpc) is 3.03. The maximum Gasteiger partial charge on any atom is 0.407 e. The van der Waals surface area contributed by atoms with Crippen LogP contribution in [-0.2, 0) is 20.7 Å². The van der Waals surface area contributed by atoms with Gasteiger partial charge in [-0.2, -0.15) is 0 Å². The molecule has 1 saturated carbocycles. The van der Waals surface area contributed by atoms with Crippen LogP contribution in [0.3, 0.4) is 0 Å². The van der Waals surface area contributed by atoms with Crippen LogP contribution in [0.1, 0.15) is 64.5 Å². The van der Waals surface area contributed by atoms with Crippen molar-refractivity contribution >= 4 is 35.1 Å².